The average Bonchev–Trinajstić information content (AvgIpc) is 3.61. The molecule has 254 valence electrons. The number of nitrogens with zero attached hydrogens (tertiary/aromatic N) is 6. The van der Waals surface area contributed by atoms with Crippen LogP contribution in [0.5, 0.6) is 0 Å². The lowest BCUT2D eigenvalue weighted by atomic mass is 9.89. The van der Waals surface area contributed by atoms with Gasteiger partial charge in [-0.2, -0.15) is 4.98 Å². The molecule has 7 rings (SSSR count). The van der Waals surface area contributed by atoms with Crippen LogP contribution in [0.15, 0.2) is 47.5 Å². The van der Waals surface area contributed by atoms with Crippen LogP contribution in [0.4, 0.5) is 21.8 Å². The zero-order valence-electron chi connectivity index (χ0n) is 27.7. The number of amides is 2. The molecule has 1 aliphatic carbocycles. The summed E-state index contributed by atoms with van der Waals surface area (Å²) in [5.74, 6) is -1.17. The number of fused-ring (bicyclic) bond motifs is 1. The summed E-state index contributed by atoms with van der Waals surface area (Å²) in [5, 5.41) is 6.17. The van der Waals surface area contributed by atoms with Crippen LogP contribution in [-0.2, 0) is 16.1 Å². The number of ketones is 1. The Hall–Kier alpha value is -5.04. The van der Waals surface area contributed by atoms with Gasteiger partial charge in [-0.15, -0.1) is 0 Å². The number of imide groups is 1. The lowest BCUT2D eigenvalue weighted by Gasteiger charge is -2.36. The van der Waals surface area contributed by atoms with Gasteiger partial charge in [-0.3, -0.25) is 34.0 Å². The van der Waals surface area contributed by atoms with E-state index < -0.39 is 17.6 Å². The Bertz CT molecular complexity index is 2000. The van der Waals surface area contributed by atoms with Crippen molar-refractivity contribution >= 4 is 46.1 Å². The molecule has 0 spiro atoms. The highest BCUT2D eigenvalue weighted by Gasteiger charge is 2.30. The summed E-state index contributed by atoms with van der Waals surface area (Å²) < 4.78 is 16.7. The van der Waals surface area contributed by atoms with E-state index in [1.54, 1.807) is 30.0 Å². The molecule has 0 radical (unpaired) electrons. The number of nitrogens with one attached hydrogen (secondary N) is 2. The SMILES string of the molecule is CC(=O)c1c(C)c2cnc(Nc3ccc(N4CCN(Cc5ccc(C6CCC(=O)NC6=O)c(F)c5)CC4)cn3)nc2n(C2CCCC2)c1=O. The van der Waals surface area contributed by atoms with Gasteiger partial charge < -0.3 is 10.2 Å². The third-order valence-electron chi connectivity index (χ3n) is 10.1. The third-order valence-corrected chi connectivity index (χ3v) is 10.1. The number of benzene rings is 1. The summed E-state index contributed by atoms with van der Waals surface area (Å²) in [4.78, 5) is 68.0. The molecule has 1 aromatic carbocycles. The number of aromatic nitrogens is 4. The number of hydrogen-bond donors (Lipinski definition) is 2. The number of pyridine rings is 2. The largest absolute Gasteiger partial charge is 0.368 e. The average molecular weight is 667 g/mol. The molecular weight excluding hydrogens is 627 g/mol. The fourth-order valence-corrected chi connectivity index (χ4v) is 7.43. The Morgan fingerprint density at radius 1 is 1.00 bits per heavy atom. The van der Waals surface area contributed by atoms with E-state index in [9.17, 15) is 23.6 Å². The van der Waals surface area contributed by atoms with Gasteiger partial charge in [-0.1, -0.05) is 25.0 Å². The molecule has 2 saturated heterocycles. The van der Waals surface area contributed by atoms with Crippen LogP contribution in [0.3, 0.4) is 0 Å². The number of Topliss-reactive ketones (excluding diaryl/α,β-unsaturated/α-hetero) is 1. The Balaban J connectivity index is 0.991. The van der Waals surface area contributed by atoms with E-state index in [0.717, 1.165) is 63.1 Å². The molecule has 13 heteroatoms. The Labute approximate surface area is 282 Å². The molecule has 4 aromatic rings. The monoisotopic (exact) mass is 666 g/mol. The number of halogens is 1. The molecule has 1 unspecified atom stereocenters. The fraction of sp³-hybridized carbons (Fsp3) is 0.417. The van der Waals surface area contributed by atoms with E-state index in [4.69, 9.17) is 4.98 Å². The molecule has 2 amide bonds. The van der Waals surface area contributed by atoms with Crippen molar-refractivity contribution in [2.24, 2.45) is 0 Å². The van der Waals surface area contributed by atoms with Gasteiger partial charge in [0.1, 0.15) is 17.3 Å². The van der Waals surface area contributed by atoms with Crippen LogP contribution in [0.2, 0.25) is 0 Å². The third kappa shape index (κ3) is 6.54. The summed E-state index contributed by atoms with van der Waals surface area (Å²) in [5.41, 5.74) is 3.20. The first-order valence-corrected chi connectivity index (χ1v) is 16.9. The Kier molecular flexibility index (Phi) is 8.93. The topological polar surface area (TPSA) is 142 Å². The minimum Gasteiger partial charge on any atom is -0.368 e. The summed E-state index contributed by atoms with van der Waals surface area (Å²) in [6.07, 6.45) is 7.82. The van der Waals surface area contributed by atoms with Crippen molar-refractivity contribution in [1.29, 1.82) is 0 Å². The van der Waals surface area contributed by atoms with Crippen LogP contribution in [0.1, 0.15) is 84.5 Å². The van der Waals surface area contributed by atoms with E-state index >= 15 is 0 Å². The van der Waals surface area contributed by atoms with Gasteiger partial charge in [0.15, 0.2) is 5.78 Å². The first kappa shape index (κ1) is 32.5. The number of anilines is 3. The second kappa shape index (κ2) is 13.5. The van der Waals surface area contributed by atoms with Gasteiger partial charge in [-0.05, 0) is 62.4 Å². The zero-order chi connectivity index (χ0) is 34.2. The van der Waals surface area contributed by atoms with E-state index in [2.05, 4.69) is 30.4 Å². The predicted octanol–water partition coefficient (Wildman–Crippen LogP) is 4.54. The lowest BCUT2D eigenvalue weighted by molar-refractivity contribution is -0.134. The highest BCUT2D eigenvalue weighted by atomic mass is 19.1. The zero-order valence-corrected chi connectivity index (χ0v) is 27.7. The van der Waals surface area contributed by atoms with Crippen molar-refractivity contribution < 1.29 is 18.8 Å². The molecule has 3 aromatic heterocycles. The fourth-order valence-electron chi connectivity index (χ4n) is 7.43. The molecule has 49 heavy (non-hydrogen) atoms. The molecule has 1 atom stereocenters. The summed E-state index contributed by atoms with van der Waals surface area (Å²) in [6.45, 7) is 6.93. The molecule has 12 nitrogen and oxygen atoms in total. The summed E-state index contributed by atoms with van der Waals surface area (Å²) >= 11 is 0. The van der Waals surface area contributed by atoms with Crippen LogP contribution in [0, 0.1) is 12.7 Å². The van der Waals surface area contributed by atoms with Crippen molar-refractivity contribution in [3.05, 3.63) is 81.2 Å². The molecule has 2 aliphatic heterocycles. The summed E-state index contributed by atoms with van der Waals surface area (Å²) in [7, 11) is 0. The number of aryl methyl sites for hydroxylation is 1. The van der Waals surface area contributed by atoms with Gasteiger partial charge in [0, 0.05) is 62.3 Å². The minimum atomic E-state index is -0.641. The maximum atomic E-state index is 15.0. The number of rotatable bonds is 8. The molecular formula is C36H39FN8O4. The maximum Gasteiger partial charge on any atom is 0.263 e. The number of piperazine rings is 1. The standard InChI is InChI=1S/C36H39FN8O4/c1-21-28-19-39-36(42-33(28)45(24-5-3-4-6-24)35(49)32(21)22(2)46)40-30-11-8-25(18-38-30)44-15-13-43(14-16-44)20-23-7-9-26(29(37)17-23)27-10-12-31(47)41-34(27)48/h7-9,11,17-19,24,27H,3-6,10,12-16,20H2,1-2H3,(H,41,47,48)(H,38,39,40,42). The maximum absolute atomic E-state index is 15.0. The highest BCUT2D eigenvalue weighted by molar-refractivity contribution is 6.01. The molecule has 5 heterocycles. The second-order valence-electron chi connectivity index (χ2n) is 13.2. The van der Waals surface area contributed by atoms with E-state index in [1.807, 2.05) is 18.2 Å². The predicted molar refractivity (Wildman–Crippen MR) is 183 cm³/mol. The van der Waals surface area contributed by atoms with Crippen molar-refractivity contribution in [2.45, 2.75) is 70.9 Å². The number of carbonyl (C=O) groups is 3. The normalized spacial score (nSPS) is 19.0. The second-order valence-corrected chi connectivity index (χ2v) is 13.2. The number of carbonyl (C=O) groups excluding carboxylic acids is 3. The van der Waals surface area contributed by atoms with Gasteiger partial charge in [0.2, 0.25) is 17.8 Å². The van der Waals surface area contributed by atoms with Gasteiger partial charge in [-0.25, -0.2) is 14.4 Å². The number of piperidine rings is 1. The van der Waals surface area contributed by atoms with Gasteiger partial charge in [0.05, 0.1) is 23.4 Å². The van der Waals surface area contributed by atoms with E-state index in [1.165, 1.54) is 13.0 Å². The van der Waals surface area contributed by atoms with E-state index in [-0.39, 0.29) is 35.3 Å². The first-order valence-electron chi connectivity index (χ1n) is 16.9. The highest BCUT2D eigenvalue weighted by Crippen LogP contribution is 2.32. The van der Waals surface area contributed by atoms with Crippen molar-refractivity contribution in [3.8, 4) is 0 Å². The van der Waals surface area contributed by atoms with E-state index in [0.29, 0.717) is 46.9 Å². The first-order chi connectivity index (χ1) is 23.7. The van der Waals surface area contributed by atoms with Crippen LogP contribution in [-0.4, -0.2) is 68.2 Å². The minimum absolute atomic E-state index is 0.000956. The smallest absolute Gasteiger partial charge is 0.263 e. The summed E-state index contributed by atoms with van der Waals surface area (Å²) in [6, 6.07) is 8.90. The molecule has 2 N–H and O–H groups in total. The number of hydrogen-bond acceptors (Lipinski definition) is 10. The van der Waals surface area contributed by atoms with Crippen molar-refractivity contribution in [3.63, 3.8) is 0 Å². The van der Waals surface area contributed by atoms with Gasteiger partial charge in [0.25, 0.3) is 5.56 Å². The van der Waals surface area contributed by atoms with Gasteiger partial charge >= 0.3 is 0 Å². The molecule has 1 saturated carbocycles. The Morgan fingerprint density at radius 3 is 2.45 bits per heavy atom. The Morgan fingerprint density at radius 2 is 1.78 bits per heavy atom. The van der Waals surface area contributed by atoms with Crippen LogP contribution >= 0.6 is 0 Å². The van der Waals surface area contributed by atoms with Crippen LogP contribution < -0.4 is 21.1 Å². The quantitative estimate of drug-likeness (QED) is 0.203. The van der Waals surface area contributed by atoms with Crippen molar-refractivity contribution in [1.82, 2.24) is 29.7 Å². The molecule has 3 aliphatic rings. The molecule has 0 bridgehead atoms. The lowest BCUT2D eigenvalue weighted by Crippen LogP contribution is -2.46. The van der Waals surface area contributed by atoms with Crippen LogP contribution in [0.25, 0.3) is 11.0 Å². The van der Waals surface area contributed by atoms with Crippen molar-refractivity contribution in [2.75, 3.05) is 36.4 Å². The molecule has 3 fully saturated rings.